The molecule has 0 aliphatic heterocycles. The van der Waals surface area contributed by atoms with Crippen LogP contribution < -0.4 is 5.73 Å². The van der Waals surface area contributed by atoms with Gasteiger partial charge in [0.25, 0.3) is 0 Å². The zero-order valence-electron chi connectivity index (χ0n) is 11.9. The normalized spacial score (nSPS) is 10.5. The van der Waals surface area contributed by atoms with E-state index in [4.69, 9.17) is 5.73 Å². The summed E-state index contributed by atoms with van der Waals surface area (Å²) in [6.45, 7) is 0. The standard InChI is InChI=1S/C17H27NO/c18-17(19)15-11-6-4-2-1-3-5-8-12-16-13-9-7-10-14-16/h7,9-10,13-14H,1-6,8,11-12,15H2,(H2,18,19). The molecule has 0 aromatic heterocycles. The van der Waals surface area contributed by atoms with Crippen molar-refractivity contribution in [1.29, 1.82) is 0 Å². The molecule has 2 nitrogen and oxygen atoms in total. The van der Waals surface area contributed by atoms with Crippen LogP contribution in [-0.2, 0) is 11.2 Å². The number of unbranched alkanes of at least 4 members (excludes halogenated alkanes) is 7. The molecule has 106 valence electrons. The van der Waals surface area contributed by atoms with Crippen molar-refractivity contribution in [2.75, 3.05) is 0 Å². The van der Waals surface area contributed by atoms with Crippen LogP contribution in [0, 0.1) is 0 Å². The van der Waals surface area contributed by atoms with Crippen molar-refractivity contribution in [3.8, 4) is 0 Å². The summed E-state index contributed by atoms with van der Waals surface area (Å²) in [4.78, 5) is 10.5. The first-order valence-electron chi connectivity index (χ1n) is 7.61. The summed E-state index contributed by atoms with van der Waals surface area (Å²) in [6, 6.07) is 10.7. The molecule has 19 heavy (non-hydrogen) atoms. The minimum absolute atomic E-state index is 0.166. The molecule has 2 N–H and O–H groups in total. The molecule has 0 fully saturated rings. The third-order valence-electron chi connectivity index (χ3n) is 3.48. The van der Waals surface area contributed by atoms with Gasteiger partial charge in [0.2, 0.25) is 5.91 Å². The summed E-state index contributed by atoms with van der Waals surface area (Å²) in [5, 5.41) is 0. The lowest BCUT2D eigenvalue weighted by atomic mass is 10.0. The highest BCUT2D eigenvalue weighted by Gasteiger charge is 1.96. The first kappa shape index (κ1) is 15.7. The number of benzene rings is 1. The van der Waals surface area contributed by atoms with Gasteiger partial charge in [-0.1, -0.05) is 68.9 Å². The van der Waals surface area contributed by atoms with Crippen molar-refractivity contribution in [3.05, 3.63) is 35.9 Å². The number of hydrogen-bond donors (Lipinski definition) is 1. The molecule has 0 aliphatic carbocycles. The zero-order chi connectivity index (χ0) is 13.8. The largest absolute Gasteiger partial charge is 0.370 e. The van der Waals surface area contributed by atoms with Crippen LogP contribution in [0.4, 0.5) is 0 Å². The molecule has 1 aromatic carbocycles. The Morgan fingerprint density at radius 2 is 1.32 bits per heavy atom. The van der Waals surface area contributed by atoms with Crippen LogP contribution in [-0.4, -0.2) is 5.91 Å². The van der Waals surface area contributed by atoms with Crippen molar-refractivity contribution in [1.82, 2.24) is 0 Å². The summed E-state index contributed by atoms with van der Waals surface area (Å²) in [6.07, 6.45) is 11.7. The van der Waals surface area contributed by atoms with Crippen LogP contribution in [0.25, 0.3) is 0 Å². The highest BCUT2D eigenvalue weighted by atomic mass is 16.1. The van der Waals surface area contributed by atoms with E-state index in [2.05, 4.69) is 30.3 Å². The van der Waals surface area contributed by atoms with E-state index in [1.807, 2.05) is 0 Å². The van der Waals surface area contributed by atoms with Gasteiger partial charge in [-0.15, -0.1) is 0 Å². The fourth-order valence-corrected chi connectivity index (χ4v) is 2.33. The molecule has 0 heterocycles. The maximum atomic E-state index is 10.5. The van der Waals surface area contributed by atoms with E-state index in [1.165, 1.54) is 50.5 Å². The topological polar surface area (TPSA) is 43.1 Å². The van der Waals surface area contributed by atoms with Gasteiger partial charge in [0.15, 0.2) is 0 Å². The van der Waals surface area contributed by atoms with Crippen LogP contribution in [0.3, 0.4) is 0 Å². The van der Waals surface area contributed by atoms with Gasteiger partial charge in [-0.05, 0) is 24.8 Å². The predicted molar refractivity (Wildman–Crippen MR) is 80.9 cm³/mol. The van der Waals surface area contributed by atoms with Gasteiger partial charge in [-0.25, -0.2) is 0 Å². The number of carbonyl (C=O) groups excluding carboxylic acids is 1. The molecule has 0 aliphatic rings. The lowest BCUT2D eigenvalue weighted by molar-refractivity contribution is -0.118. The molecular formula is C17H27NO. The SMILES string of the molecule is NC(=O)CCCCCCCCCCc1ccccc1. The average molecular weight is 261 g/mol. The first-order chi connectivity index (χ1) is 9.29. The minimum atomic E-state index is -0.166. The van der Waals surface area contributed by atoms with Crippen molar-refractivity contribution in [2.24, 2.45) is 5.73 Å². The summed E-state index contributed by atoms with van der Waals surface area (Å²) in [5.74, 6) is -0.166. The average Bonchev–Trinajstić information content (AvgIpc) is 2.42. The Labute approximate surface area is 117 Å². The second-order valence-electron chi connectivity index (χ2n) is 5.28. The molecule has 0 bridgehead atoms. The molecule has 0 saturated carbocycles. The maximum Gasteiger partial charge on any atom is 0.217 e. The summed E-state index contributed by atoms with van der Waals surface area (Å²) < 4.78 is 0. The smallest absolute Gasteiger partial charge is 0.217 e. The summed E-state index contributed by atoms with van der Waals surface area (Å²) in [5.41, 5.74) is 6.55. The number of primary amides is 1. The van der Waals surface area contributed by atoms with Crippen LogP contribution in [0.15, 0.2) is 30.3 Å². The van der Waals surface area contributed by atoms with Gasteiger partial charge in [-0.2, -0.15) is 0 Å². The molecule has 1 aromatic rings. The van der Waals surface area contributed by atoms with Gasteiger partial charge in [0, 0.05) is 6.42 Å². The van der Waals surface area contributed by atoms with Crippen molar-refractivity contribution >= 4 is 5.91 Å². The molecule has 0 spiro atoms. The van der Waals surface area contributed by atoms with Gasteiger partial charge in [0.1, 0.15) is 0 Å². The Morgan fingerprint density at radius 3 is 1.89 bits per heavy atom. The van der Waals surface area contributed by atoms with Gasteiger partial charge in [-0.3, -0.25) is 4.79 Å². The highest BCUT2D eigenvalue weighted by molar-refractivity contribution is 5.73. The Morgan fingerprint density at radius 1 is 0.789 bits per heavy atom. The Hall–Kier alpha value is -1.31. The maximum absolute atomic E-state index is 10.5. The molecule has 0 radical (unpaired) electrons. The van der Waals surface area contributed by atoms with Gasteiger partial charge in [0.05, 0.1) is 0 Å². The molecule has 1 rings (SSSR count). The predicted octanol–water partition coefficient (Wildman–Crippen LogP) is 4.23. The minimum Gasteiger partial charge on any atom is -0.370 e. The number of rotatable bonds is 11. The molecule has 0 saturated heterocycles. The molecule has 2 heteroatoms. The van der Waals surface area contributed by atoms with Crippen molar-refractivity contribution in [3.63, 3.8) is 0 Å². The van der Waals surface area contributed by atoms with Crippen LogP contribution >= 0.6 is 0 Å². The van der Waals surface area contributed by atoms with E-state index in [9.17, 15) is 4.79 Å². The first-order valence-corrected chi connectivity index (χ1v) is 7.61. The molecule has 1 amide bonds. The van der Waals surface area contributed by atoms with Gasteiger partial charge >= 0.3 is 0 Å². The van der Waals surface area contributed by atoms with E-state index in [-0.39, 0.29) is 5.91 Å². The number of amides is 1. The van der Waals surface area contributed by atoms with Crippen molar-refractivity contribution < 1.29 is 4.79 Å². The second-order valence-corrected chi connectivity index (χ2v) is 5.28. The number of hydrogen-bond acceptors (Lipinski definition) is 1. The van der Waals surface area contributed by atoms with E-state index in [1.54, 1.807) is 0 Å². The third-order valence-corrected chi connectivity index (χ3v) is 3.48. The fraction of sp³-hybridized carbons (Fsp3) is 0.588. The van der Waals surface area contributed by atoms with E-state index in [0.717, 1.165) is 12.8 Å². The lowest BCUT2D eigenvalue weighted by Gasteiger charge is -2.02. The highest BCUT2D eigenvalue weighted by Crippen LogP contribution is 2.11. The quantitative estimate of drug-likeness (QED) is 0.595. The van der Waals surface area contributed by atoms with Crippen molar-refractivity contribution in [2.45, 2.75) is 64.2 Å². The summed E-state index contributed by atoms with van der Waals surface area (Å²) >= 11 is 0. The fourth-order valence-electron chi connectivity index (χ4n) is 2.33. The Balaban J connectivity index is 1.83. The molecule has 0 unspecified atom stereocenters. The number of carbonyl (C=O) groups is 1. The molecule has 0 atom stereocenters. The third kappa shape index (κ3) is 9.29. The Bertz CT molecular complexity index is 334. The monoisotopic (exact) mass is 261 g/mol. The Kier molecular flexibility index (Phi) is 8.78. The number of nitrogens with two attached hydrogens (primary N) is 1. The van der Waals surface area contributed by atoms with Crippen LogP contribution in [0.1, 0.15) is 63.4 Å². The van der Waals surface area contributed by atoms with Crippen LogP contribution in [0.5, 0.6) is 0 Å². The van der Waals surface area contributed by atoms with Crippen LogP contribution in [0.2, 0.25) is 0 Å². The number of aryl methyl sites for hydroxylation is 1. The molecular weight excluding hydrogens is 234 g/mol. The zero-order valence-corrected chi connectivity index (χ0v) is 11.9. The lowest BCUT2D eigenvalue weighted by Crippen LogP contribution is -2.09. The van der Waals surface area contributed by atoms with E-state index in [0.29, 0.717) is 6.42 Å². The van der Waals surface area contributed by atoms with E-state index >= 15 is 0 Å². The van der Waals surface area contributed by atoms with Gasteiger partial charge < -0.3 is 5.73 Å². The summed E-state index contributed by atoms with van der Waals surface area (Å²) in [7, 11) is 0. The van der Waals surface area contributed by atoms with E-state index < -0.39 is 0 Å². The second kappa shape index (κ2) is 10.6.